The number of unbranched alkanes of at least 4 members (excludes halogenated alkanes) is 3. The predicted molar refractivity (Wildman–Crippen MR) is 61.1 cm³/mol. The molecule has 1 atom stereocenters. The molecule has 0 fully saturated rings. The lowest BCUT2D eigenvalue weighted by Gasteiger charge is -2.26. The lowest BCUT2D eigenvalue weighted by Crippen LogP contribution is -2.32. The standard InChI is InChI=1S/C12H27N/c1-5-8-9-10-11-12(4)13(6-2)7-3/h12H,5-11H2,1-4H3. The minimum Gasteiger partial charge on any atom is -0.301 e. The van der Waals surface area contributed by atoms with Gasteiger partial charge in [-0.05, 0) is 26.4 Å². The van der Waals surface area contributed by atoms with Gasteiger partial charge in [0.2, 0.25) is 0 Å². The molecule has 0 saturated heterocycles. The Morgan fingerprint density at radius 1 is 0.923 bits per heavy atom. The number of hydrogen-bond donors (Lipinski definition) is 0. The third-order valence-corrected chi connectivity index (χ3v) is 2.91. The highest BCUT2D eigenvalue weighted by molar-refractivity contribution is 4.64. The first kappa shape index (κ1) is 13.0. The van der Waals surface area contributed by atoms with E-state index in [1.165, 1.54) is 45.2 Å². The molecule has 0 amide bonds. The van der Waals surface area contributed by atoms with Crippen LogP contribution in [0.1, 0.15) is 59.8 Å². The van der Waals surface area contributed by atoms with Crippen molar-refractivity contribution in [2.24, 2.45) is 0 Å². The first-order valence-electron chi connectivity index (χ1n) is 6.00. The van der Waals surface area contributed by atoms with E-state index in [0.29, 0.717) is 0 Å². The van der Waals surface area contributed by atoms with Crippen molar-refractivity contribution in [1.29, 1.82) is 0 Å². The Morgan fingerprint density at radius 2 is 1.54 bits per heavy atom. The molecule has 1 unspecified atom stereocenters. The van der Waals surface area contributed by atoms with Crippen LogP contribution in [0.5, 0.6) is 0 Å². The van der Waals surface area contributed by atoms with E-state index in [9.17, 15) is 0 Å². The maximum Gasteiger partial charge on any atom is 0.00666 e. The Kier molecular flexibility index (Phi) is 8.53. The fourth-order valence-electron chi connectivity index (χ4n) is 1.90. The van der Waals surface area contributed by atoms with E-state index >= 15 is 0 Å². The first-order valence-corrected chi connectivity index (χ1v) is 6.00. The molecule has 0 spiro atoms. The van der Waals surface area contributed by atoms with Crippen LogP contribution < -0.4 is 0 Å². The maximum absolute atomic E-state index is 2.55. The molecule has 0 N–H and O–H groups in total. The van der Waals surface area contributed by atoms with E-state index in [0.717, 1.165) is 6.04 Å². The van der Waals surface area contributed by atoms with Gasteiger partial charge < -0.3 is 4.90 Å². The van der Waals surface area contributed by atoms with E-state index in [1.54, 1.807) is 0 Å². The van der Waals surface area contributed by atoms with E-state index < -0.39 is 0 Å². The predicted octanol–water partition coefficient (Wildman–Crippen LogP) is 3.69. The molecule has 1 nitrogen and oxygen atoms in total. The molecule has 0 aromatic heterocycles. The molecule has 13 heavy (non-hydrogen) atoms. The van der Waals surface area contributed by atoms with E-state index in [-0.39, 0.29) is 0 Å². The van der Waals surface area contributed by atoms with Crippen molar-refractivity contribution in [2.45, 2.75) is 65.8 Å². The second-order valence-electron chi connectivity index (χ2n) is 3.92. The zero-order valence-corrected chi connectivity index (χ0v) is 9.97. The fraction of sp³-hybridized carbons (Fsp3) is 1.00. The Hall–Kier alpha value is -0.0400. The third kappa shape index (κ3) is 6.09. The highest BCUT2D eigenvalue weighted by Gasteiger charge is 2.08. The summed E-state index contributed by atoms with van der Waals surface area (Å²) in [5.41, 5.74) is 0. The molecule has 0 radical (unpaired) electrons. The summed E-state index contributed by atoms with van der Waals surface area (Å²) < 4.78 is 0. The van der Waals surface area contributed by atoms with Crippen LogP contribution in [0.3, 0.4) is 0 Å². The average molecular weight is 185 g/mol. The highest BCUT2D eigenvalue weighted by Crippen LogP contribution is 2.09. The topological polar surface area (TPSA) is 3.24 Å². The molecule has 0 aromatic rings. The van der Waals surface area contributed by atoms with Crippen molar-refractivity contribution in [3.8, 4) is 0 Å². The van der Waals surface area contributed by atoms with Crippen molar-refractivity contribution in [3.05, 3.63) is 0 Å². The molecule has 0 aliphatic carbocycles. The van der Waals surface area contributed by atoms with Gasteiger partial charge in [0.05, 0.1) is 0 Å². The molecule has 0 aromatic carbocycles. The fourth-order valence-corrected chi connectivity index (χ4v) is 1.90. The van der Waals surface area contributed by atoms with Gasteiger partial charge in [-0.3, -0.25) is 0 Å². The van der Waals surface area contributed by atoms with Crippen molar-refractivity contribution in [3.63, 3.8) is 0 Å². The molecule has 0 heterocycles. The average Bonchev–Trinajstić information content (AvgIpc) is 2.14. The van der Waals surface area contributed by atoms with Gasteiger partial charge in [-0.2, -0.15) is 0 Å². The smallest absolute Gasteiger partial charge is 0.00666 e. The summed E-state index contributed by atoms with van der Waals surface area (Å²) in [5, 5.41) is 0. The Balaban J connectivity index is 3.42. The molecule has 0 saturated carbocycles. The Bertz CT molecular complexity index is 97.3. The van der Waals surface area contributed by atoms with Crippen molar-refractivity contribution in [1.82, 2.24) is 4.90 Å². The van der Waals surface area contributed by atoms with Crippen LogP contribution in [0, 0.1) is 0 Å². The maximum atomic E-state index is 2.55. The quantitative estimate of drug-likeness (QED) is 0.521. The van der Waals surface area contributed by atoms with Crippen molar-refractivity contribution in [2.75, 3.05) is 13.1 Å². The largest absolute Gasteiger partial charge is 0.301 e. The third-order valence-electron chi connectivity index (χ3n) is 2.91. The molecule has 0 aliphatic rings. The summed E-state index contributed by atoms with van der Waals surface area (Å²) in [6.45, 7) is 11.5. The number of rotatable bonds is 8. The van der Waals surface area contributed by atoms with Gasteiger partial charge in [0, 0.05) is 6.04 Å². The van der Waals surface area contributed by atoms with E-state index in [2.05, 4.69) is 32.6 Å². The normalized spacial score (nSPS) is 13.6. The molecule has 80 valence electrons. The van der Waals surface area contributed by atoms with E-state index in [1.807, 2.05) is 0 Å². The monoisotopic (exact) mass is 185 g/mol. The summed E-state index contributed by atoms with van der Waals surface area (Å²) in [6, 6.07) is 0.784. The van der Waals surface area contributed by atoms with E-state index in [4.69, 9.17) is 0 Å². The van der Waals surface area contributed by atoms with Gasteiger partial charge >= 0.3 is 0 Å². The van der Waals surface area contributed by atoms with Crippen LogP contribution in [0.4, 0.5) is 0 Å². The molecule has 1 heteroatoms. The number of hydrogen-bond acceptors (Lipinski definition) is 1. The summed E-state index contributed by atoms with van der Waals surface area (Å²) in [5.74, 6) is 0. The SMILES string of the molecule is CCCCCCC(C)N(CC)CC. The molecular formula is C12H27N. The van der Waals surface area contributed by atoms with Gasteiger partial charge in [-0.15, -0.1) is 0 Å². The molecule has 0 rings (SSSR count). The van der Waals surface area contributed by atoms with Crippen LogP contribution in [0.2, 0.25) is 0 Å². The minimum absolute atomic E-state index is 0.784. The zero-order chi connectivity index (χ0) is 10.1. The van der Waals surface area contributed by atoms with Gasteiger partial charge in [0.25, 0.3) is 0 Å². The second-order valence-corrected chi connectivity index (χ2v) is 3.92. The van der Waals surface area contributed by atoms with Crippen LogP contribution in [-0.4, -0.2) is 24.0 Å². The highest BCUT2D eigenvalue weighted by atomic mass is 15.1. The van der Waals surface area contributed by atoms with Crippen LogP contribution >= 0.6 is 0 Å². The summed E-state index contributed by atoms with van der Waals surface area (Å²) >= 11 is 0. The lowest BCUT2D eigenvalue weighted by atomic mass is 10.1. The summed E-state index contributed by atoms with van der Waals surface area (Å²) in [4.78, 5) is 2.55. The lowest BCUT2D eigenvalue weighted by molar-refractivity contribution is 0.217. The van der Waals surface area contributed by atoms with Gasteiger partial charge in [-0.1, -0.05) is 46.5 Å². The van der Waals surface area contributed by atoms with Gasteiger partial charge in [-0.25, -0.2) is 0 Å². The number of nitrogens with zero attached hydrogens (tertiary/aromatic N) is 1. The molecular weight excluding hydrogens is 158 g/mol. The Labute approximate surface area is 84.5 Å². The van der Waals surface area contributed by atoms with Crippen molar-refractivity contribution >= 4 is 0 Å². The molecule has 0 aliphatic heterocycles. The van der Waals surface area contributed by atoms with Crippen LogP contribution in [-0.2, 0) is 0 Å². The van der Waals surface area contributed by atoms with Crippen LogP contribution in [0.15, 0.2) is 0 Å². The summed E-state index contributed by atoms with van der Waals surface area (Å²) in [6.07, 6.45) is 6.96. The van der Waals surface area contributed by atoms with Crippen molar-refractivity contribution < 1.29 is 0 Å². The Morgan fingerprint density at radius 3 is 2.00 bits per heavy atom. The second kappa shape index (κ2) is 8.55. The first-order chi connectivity index (χ1) is 6.26. The zero-order valence-electron chi connectivity index (χ0n) is 9.97. The summed E-state index contributed by atoms with van der Waals surface area (Å²) in [7, 11) is 0. The van der Waals surface area contributed by atoms with Crippen LogP contribution in [0.25, 0.3) is 0 Å². The van der Waals surface area contributed by atoms with Gasteiger partial charge in [0.15, 0.2) is 0 Å². The minimum atomic E-state index is 0.784. The van der Waals surface area contributed by atoms with Gasteiger partial charge in [0.1, 0.15) is 0 Å². The molecule has 0 bridgehead atoms.